The Kier molecular flexibility index (Phi) is 21.3. The Hall–Kier alpha value is -0.805. The molecule has 0 saturated carbocycles. The first kappa shape index (κ1) is 28.2. The molecule has 0 heterocycles. The van der Waals surface area contributed by atoms with Crippen LogP contribution in [0.25, 0.3) is 0 Å². The molecule has 0 aromatic carbocycles. The fraction of sp³-hybridized carbons (Fsp3) is 0.875. The summed E-state index contributed by atoms with van der Waals surface area (Å²) in [6.07, 6.45) is 22.5. The highest BCUT2D eigenvalue weighted by Crippen LogP contribution is 2.10. The molecule has 0 aliphatic rings. The zero-order chi connectivity index (χ0) is 21.6. The molecule has 0 aliphatic carbocycles. The quantitative estimate of drug-likeness (QED) is 0.163. The van der Waals surface area contributed by atoms with Crippen molar-refractivity contribution in [2.45, 2.75) is 109 Å². The summed E-state index contributed by atoms with van der Waals surface area (Å²) in [5.74, 6) is 0.175. The van der Waals surface area contributed by atoms with Gasteiger partial charge in [-0.3, -0.25) is 4.79 Å². The number of carbonyl (C=O) groups is 1. The molecule has 4 nitrogen and oxygen atoms in total. The first-order chi connectivity index (χ1) is 14.1. The average molecular weight is 409 g/mol. The number of hydrogen-bond acceptors (Lipinski definition) is 3. The van der Waals surface area contributed by atoms with E-state index >= 15 is 0 Å². The molecule has 2 atom stereocenters. The van der Waals surface area contributed by atoms with E-state index in [1.54, 1.807) is 7.11 Å². The minimum Gasteiger partial charge on any atom is -0.396 e. The lowest BCUT2D eigenvalue weighted by Gasteiger charge is -2.18. The highest BCUT2D eigenvalue weighted by Gasteiger charge is 2.13. The SMILES string of the molecule is BC(C[C@@H](CO)CNC(=O)CCCCCCC/C=C\CCCCCCCC)OC. The molecular weight excluding hydrogens is 361 g/mol. The molecule has 0 aliphatic heterocycles. The number of allylic oxidation sites excluding steroid dienone is 2. The van der Waals surface area contributed by atoms with E-state index in [1.165, 1.54) is 70.6 Å². The number of rotatable bonds is 21. The lowest BCUT2D eigenvalue weighted by Crippen LogP contribution is -2.33. The van der Waals surface area contributed by atoms with Crippen molar-refractivity contribution in [3.05, 3.63) is 12.2 Å². The predicted octanol–water partition coefficient (Wildman–Crippen LogP) is 4.74. The molecule has 2 N–H and O–H groups in total. The molecule has 0 bridgehead atoms. The standard InChI is InChI=1S/C24H48BNO3/c1-3-4-5-6-7-8-9-10-11-12-13-14-15-16-17-18-24(28)26-20-22(21-27)19-23(25)29-2/h10-11,22-23,27H,3-9,12-21,25H2,1-2H3,(H,26,28)/b11-10-/t22-,23?/m1/s1. The predicted molar refractivity (Wildman–Crippen MR) is 127 cm³/mol. The van der Waals surface area contributed by atoms with E-state index in [0.29, 0.717) is 13.0 Å². The number of hydrogen-bond donors (Lipinski definition) is 2. The van der Waals surface area contributed by atoms with Crippen LogP contribution in [0.5, 0.6) is 0 Å². The monoisotopic (exact) mass is 409 g/mol. The summed E-state index contributed by atoms with van der Waals surface area (Å²) in [5.41, 5.74) is 0. The molecule has 0 fully saturated rings. The van der Waals surface area contributed by atoms with Crippen LogP contribution in [0.1, 0.15) is 103 Å². The minimum absolute atomic E-state index is 0.0722. The van der Waals surface area contributed by atoms with Crippen LogP contribution in [0.2, 0.25) is 0 Å². The average Bonchev–Trinajstić information content (AvgIpc) is 2.73. The molecule has 0 saturated heterocycles. The fourth-order valence-corrected chi connectivity index (χ4v) is 3.49. The van der Waals surface area contributed by atoms with E-state index in [1.807, 2.05) is 7.85 Å². The van der Waals surface area contributed by atoms with Gasteiger partial charge in [0.15, 0.2) is 0 Å². The lowest BCUT2D eigenvalue weighted by molar-refractivity contribution is -0.121. The summed E-state index contributed by atoms with van der Waals surface area (Å²) < 4.78 is 5.22. The molecule has 0 aromatic rings. The van der Waals surface area contributed by atoms with Crippen LogP contribution in [-0.4, -0.2) is 45.1 Å². The maximum atomic E-state index is 11.9. The Balaban J connectivity index is 3.42. The number of nitrogens with one attached hydrogen (secondary N) is 1. The number of ether oxygens (including phenoxy) is 1. The topological polar surface area (TPSA) is 58.6 Å². The fourth-order valence-electron chi connectivity index (χ4n) is 3.49. The summed E-state index contributed by atoms with van der Waals surface area (Å²) in [6, 6.07) is 0.106. The normalized spacial score (nSPS) is 13.6. The number of aliphatic hydroxyl groups is 1. The number of unbranched alkanes of at least 4 members (excludes halogenated alkanes) is 11. The maximum Gasteiger partial charge on any atom is 0.220 e. The van der Waals surface area contributed by atoms with Gasteiger partial charge in [-0.15, -0.1) is 0 Å². The molecule has 29 heavy (non-hydrogen) atoms. The Bertz CT molecular complexity index is 390. The molecular formula is C24H48BNO3. The van der Waals surface area contributed by atoms with Crippen molar-refractivity contribution in [1.82, 2.24) is 5.32 Å². The second kappa shape index (κ2) is 21.9. The van der Waals surface area contributed by atoms with Gasteiger partial charge in [0, 0.05) is 38.6 Å². The van der Waals surface area contributed by atoms with Gasteiger partial charge in [-0.05, 0) is 38.5 Å². The Morgan fingerprint density at radius 2 is 1.52 bits per heavy atom. The summed E-state index contributed by atoms with van der Waals surface area (Å²) in [4.78, 5) is 11.9. The van der Waals surface area contributed by atoms with Crippen molar-refractivity contribution in [3.8, 4) is 0 Å². The summed E-state index contributed by atoms with van der Waals surface area (Å²) in [5, 5.41) is 12.3. The molecule has 170 valence electrons. The first-order valence-corrected chi connectivity index (χ1v) is 12.2. The van der Waals surface area contributed by atoms with Crippen molar-refractivity contribution in [2.75, 3.05) is 20.3 Å². The third kappa shape index (κ3) is 20.3. The van der Waals surface area contributed by atoms with Crippen molar-refractivity contribution in [1.29, 1.82) is 0 Å². The molecule has 1 amide bonds. The molecule has 0 radical (unpaired) electrons. The van der Waals surface area contributed by atoms with E-state index in [2.05, 4.69) is 24.4 Å². The smallest absolute Gasteiger partial charge is 0.220 e. The van der Waals surface area contributed by atoms with Gasteiger partial charge in [0.2, 0.25) is 5.91 Å². The van der Waals surface area contributed by atoms with E-state index in [4.69, 9.17) is 4.74 Å². The van der Waals surface area contributed by atoms with Crippen LogP contribution in [-0.2, 0) is 9.53 Å². The second-order valence-corrected chi connectivity index (χ2v) is 8.47. The van der Waals surface area contributed by atoms with Crippen LogP contribution in [0, 0.1) is 5.92 Å². The van der Waals surface area contributed by atoms with Crippen LogP contribution >= 0.6 is 0 Å². The third-order valence-corrected chi connectivity index (χ3v) is 5.58. The number of amides is 1. The molecule has 0 spiro atoms. The maximum absolute atomic E-state index is 11.9. The van der Waals surface area contributed by atoms with Gasteiger partial charge in [0.25, 0.3) is 0 Å². The zero-order valence-electron chi connectivity index (χ0n) is 19.6. The zero-order valence-corrected chi connectivity index (χ0v) is 19.6. The van der Waals surface area contributed by atoms with Gasteiger partial charge < -0.3 is 15.2 Å². The molecule has 1 unspecified atom stereocenters. The van der Waals surface area contributed by atoms with Crippen molar-refractivity contribution in [2.24, 2.45) is 5.92 Å². The minimum atomic E-state index is 0.0722. The first-order valence-electron chi connectivity index (χ1n) is 12.2. The van der Waals surface area contributed by atoms with Crippen LogP contribution in [0.15, 0.2) is 12.2 Å². The van der Waals surface area contributed by atoms with Gasteiger partial charge in [-0.1, -0.05) is 70.4 Å². The largest absolute Gasteiger partial charge is 0.396 e. The van der Waals surface area contributed by atoms with Crippen LogP contribution in [0.4, 0.5) is 0 Å². The van der Waals surface area contributed by atoms with E-state index < -0.39 is 0 Å². The van der Waals surface area contributed by atoms with Crippen molar-refractivity contribution in [3.63, 3.8) is 0 Å². The molecule has 0 aromatic heterocycles. The Morgan fingerprint density at radius 3 is 2.07 bits per heavy atom. The van der Waals surface area contributed by atoms with Crippen molar-refractivity contribution >= 4 is 13.8 Å². The third-order valence-electron chi connectivity index (χ3n) is 5.58. The van der Waals surface area contributed by atoms with Gasteiger partial charge in [-0.2, -0.15) is 0 Å². The number of methoxy groups -OCH3 is 1. The summed E-state index contributed by atoms with van der Waals surface area (Å²) in [7, 11) is 3.65. The lowest BCUT2D eigenvalue weighted by atomic mass is 9.89. The van der Waals surface area contributed by atoms with Gasteiger partial charge in [-0.25, -0.2) is 0 Å². The Labute approximate surface area is 181 Å². The second-order valence-electron chi connectivity index (χ2n) is 8.47. The highest BCUT2D eigenvalue weighted by atomic mass is 16.5. The van der Waals surface area contributed by atoms with Crippen LogP contribution < -0.4 is 5.32 Å². The Morgan fingerprint density at radius 1 is 0.966 bits per heavy atom. The van der Waals surface area contributed by atoms with E-state index in [0.717, 1.165) is 19.3 Å². The number of aliphatic hydroxyl groups excluding tert-OH is 1. The van der Waals surface area contributed by atoms with E-state index in [-0.39, 0.29) is 24.4 Å². The highest BCUT2D eigenvalue weighted by molar-refractivity contribution is 6.10. The summed E-state index contributed by atoms with van der Waals surface area (Å²) in [6.45, 7) is 2.88. The molecule has 5 heteroatoms. The van der Waals surface area contributed by atoms with Gasteiger partial charge in [0.1, 0.15) is 7.85 Å². The number of carbonyl (C=O) groups excluding carboxylic acids is 1. The molecule has 0 rings (SSSR count). The van der Waals surface area contributed by atoms with Crippen molar-refractivity contribution < 1.29 is 14.6 Å². The van der Waals surface area contributed by atoms with Gasteiger partial charge in [0.05, 0.1) is 0 Å². The van der Waals surface area contributed by atoms with Gasteiger partial charge >= 0.3 is 0 Å². The van der Waals surface area contributed by atoms with Crippen LogP contribution in [0.3, 0.4) is 0 Å². The van der Waals surface area contributed by atoms with E-state index in [9.17, 15) is 9.90 Å². The summed E-state index contributed by atoms with van der Waals surface area (Å²) >= 11 is 0.